The molecular formula is C35H58N2O6. The van der Waals surface area contributed by atoms with Crippen molar-refractivity contribution in [2.45, 2.75) is 111 Å². The first-order valence-corrected chi connectivity index (χ1v) is 15.2. The molecule has 0 saturated carbocycles. The molecule has 244 valence electrons. The first-order valence-electron chi connectivity index (χ1n) is 15.2. The van der Waals surface area contributed by atoms with Crippen LogP contribution < -0.4 is 11.1 Å². The van der Waals surface area contributed by atoms with Crippen LogP contribution in [0.2, 0.25) is 0 Å². The number of carbonyl (C=O) groups excluding carboxylic acids is 3. The van der Waals surface area contributed by atoms with Gasteiger partial charge in [0.25, 0.3) is 5.91 Å². The quantitative estimate of drug-likeness (QED) is 0.0455. The fraction of sp³-hybridized carbons (Fsp3) is 0.543. The Morgan fingerprint density at radius 2 is 1.33 bits per heavy atom. The molecule has 1 unspecified atom stereocenters. The van der Waals surface area contributed by atoms with E-state index in [9.17, 15) is 19.2 Å². The number of rotatable bonds is 24. The lowest BCUT2D eigenvalue weighted by molar-refractivity contribution is -0.148. The summed E-state index contributed by atoms with van der Waals surface area (Å²) in [7, 11) is 0. The smallest absolute Gasteiger partial charge is 0.306 e. The second-order valence-electron chi connectivity index (χ2n) is 9.14. The molecule has 0 aliphatic carbocycles. The average molecular weight is 603 g/mol. The number of carboxylic acid groups (broad SMARTS) is 1. The van der Waals surface area contributed by atoms with Crippen LogP contribution in [-0.4, -0.2) is 47.9 Å². The maximum atomic E-state index is 12.0. The van der Waals surface area contributed by atoms with Crippen molar-refractivity contribution in [1.29, 1.82) is 0 Å². The third kappa shape index (κ3) is 36.5. The van der Waals surface area contributed by atoms with Gasteiger partial charge in [0, 0.05) is 31.8 Å². The summed E-state index contributed by atoms with van der Waals surface area (Å²) >= 11 is 0. The van der Waals surface area contributed by atoms with Gasteiger partial charge in [-0.3, -0.25) is 19.2 Å². The molecular weight excluding hydrogens is 544 g/mol. The van der Waals surface area contributed by atoms with E-state index in [1.165, 1.54) is 6.08 Å². The minimum absolute atomic E-state index is 0. The summed E-state index contributed by atoms with van der Waals surface area (Å²) in [6.45, 7) is 5.91. The summed E-state index contributed by atoms with van der Waals surface area (Å²) in [5.41, 5.74) is 5.93. The van der Waals surface area contributed by atoms with Gasteiger partial charge in [-0.15, -0.1) is 0 Å². The zero-order chi connectivity index (χ0) is 31.7. The van der Waals surface area contributed by atoms with Crippen LogP contribution >= 0.6 is 0 Å². The Bertz CT molecular complexity index is 900. The van der Waals surface area contributed by atoms with E-state index in [-0.39, 0.29) is 32.6 Å². The molecule has 0 bridgehead atoms. The Morgan fingerprint density at radius 3 is 1.86 bits per heavy atom. The van der Waals surface area contributed by atoms with Crippen LogP contribution in [0.1, 0.15) is 105 Å². The standard InChI is InChI=1S/C32H48N2O6.C2H6.CH4/c1-2-3-4-5-6-7-8-9-10-11-12-13-14-15-16-17-18-20-29(35)24-22-28(33)23-25-32(39)40-27-30(36)34-26-19-21-31(37)38;1-2;/h3-4,6-7,9-10,12-13,15-16,22,24,28H,2,5,8,11,14,17-21,23,25-27,33H2,1H3,(H,34,36)(H,37,38);1-2H3;1H4/b4-3-,7-6-,10-9-,13-12-,16-15-,24-22-;;. The fourth-order valence-corrected chi connectivity index (χ4v) is 3.19. The minimum Gasteiger partial charge on any atom is -0.481 e. The Morgan fingerprint density at radius 1 is 0.791 bits per heavy atom. The number of carboxylic acids is 1. The van der Waals surface area contributed by atoms with Crippen molar-refractivity contribution in [1.82, 2.24) is 5.32 Å². The molecule has 1 amide bonds. The summed E-state index contributed by atoms with van der Waals surface area (Å²) in [5, 5.41) is 11.0. The maximum absolute atomic E-state index is 12.0. The minimum atomic E-state index is -0.936. The summed E-state index contributed by atoms with van der Waals surface area (Å²) in [6.07, 6.45) is 32.0. The molecule has 43 heavy (non-hydrogen) atoms. The van der Waals surface area contributed by atoms with Gasteiger partial charge >= 0.3 is 11.9 Å². The van der Waals surface area contributed by atoms with Crippen molar-refractivity contribution in [3.8, 4) is 0 Å². The lowest BCUT2D eigenvalue weighted by Crippen LogP contribution is -2.30. The Balaban J connectivity index is -0.00000521. The zero-order valence-corrected chi connectivity index (χ0v) is 26.0. The lowest BCUT2D eigenvalue weighted by Gasteiger charge is -2.08. The first-order chi connectivity index (χ1) is 20.3. The van der Waals surface area contributed by atoms with Crippen LogP contribution in [-0.2, 0) is 23.9 Å². The average Bonchev–Trinajstić information content (AvgIpc) is 2.98. The largest absolute Gasteiger partial charge is 0.481 e. The molecule has 0 aromatic carbocycles. The third-order valence-electron chi connectivity index (χ3n) is 5.42. The topological polar surface area (TPSA) is 136 Å². The Labute approximate surface area is 260 Å². The second kappa shape index (κ2) is 34.7. The van der Waals surface area contributed by atoms with Crippen LogP contribution in [0.15, 0.2) is 72.9 Å². The monoisotopic (exact) mass is 602 g/mol. The molecule has 8 heteroatoms. The van der Waals surface area contributed by atoms with Gasteiger partial charge in [-0.25, -0.2) is 0 Å². The van der Waals surface area contributed by atoms with Crippen LogP contribution in [0, 0.1) is 0 Å². The number of carbonyl (C=O) groups is 4. The van der Waals surface area contributed by atoms with Crippen LogP contribution in [0.3, 0.4) is 0 Å². The number of aliphatic carboxylic acids is 1. The predicted molar refractivity (Wildman–Crippen MR) is 179 cm³/mol. The van der Waals surface area contributed by atoms with E-state index in [0.29, 0.717) is 19.3 Å². The van der Waals surface area contributed by atoms with Crippen molar-refractivity contribution in [3.05, 3.63) is 72.9 Å². The van der Waals surface area contributed by atoms with Gasteiger partial charge in [-0.1, -0.05) is 95.0 Å². The number of allylic oxidation sites excluding steroid dienone is 11. The molecule has 8 nitrogen and oxygen atoms in total. The van der Waals surface area contributed by atoms with Crippen LogP contribution in [0.5, 0.6) is 0 Å². The fourth-order valence-electron chi connectivity index (χ4n) is 3.19. The van der Waals surface area contributed by atoms with Crippen molar-refractivity contribution >= 4 is 23.6 Å². The van der Waals surface area contributed by atoms with Crippen molar-refractivity contribution in [2.24, 2.45) is 5.73 Å². The normalized spacial score (nSPS) is 12.2. The maximum Gasteiger partial charge on any atom is 0.306 e. The number of unbranched alkanes of at least 4 members (excludes halogenated alkanes) is 1. The van der Waals surface area contributed by atoms with E-state index in [4.69, 9.17) is 15.6 Å². The Kier molecular flexibility index (Phi) is 35.4. The third-order valence-corrected chi connectivity index (χ3v) is 5.42. The van der Waals surface area contributed by atoms with Crippen molar-refractivity contribution in [2.75, 3.05) is 13.2 Å². The number of hydrogen-bond donors (Lipinski definition) is 3. The van der Waals surface area contributed by atoms with Crippen molar-refractivity contribution in [3.63, 3.8) is 0 Å². The molecule has 0 aliphatic heterocycles. The van der Waals surface area contributed by atoms with Gasteiger partial charge in [0.15, 0.2) is 12.4 Å². The molecule has 0 heterocycles. The van der Waals surface area contributed by atoms with E-state index in [0.717, 1.165) is 44.9 Å². The van der Waals surface area contributed by atoms with Crippen molar-refractivity contribution < 1.29 is 29.0 Å². The van der Waals surface area contributed by atoms with Gasteiger partial charge in [0.2, 0.25) is 0 Å². The second-order valence-corrected chi connectivity index (χ2v) is 9.14. The SMILES string of the molecule is C.CC.CC/C=C\C/C=C\C/C=C\C/C=C\C/C=C\CCCC(=O)/C=C\C(N)CCC(=O)OCC(=O)NCCCC(=O)O. The molecule has 0 aromatic heterocycles. The number of hydrogen-bond acceptors (Lipinski definition) is 6. The first kappa shape index (κ1) is 43.9. The van der Waals surface area contributed by atoms with Gasteiger partial charge in [0.1, 0.15) is 0 Å². The van der Waals surface area contributed by atoms with Crippen LogP contribution in [0.25, 0.3) is 0 Å². The van der Waals surface area contributed by atoms with Crippen LogP contribution in [0.4, 0.5) is 0 Å². The zero-order valence-electron chi connectivity index (χ0n) is 26.0. The lowest BCUT2D eigenvalue weighted by atomic mass is 10.1. The highest BCUT2D eigenvalue weighted by atomic mass is 16.5. The molecule has 1 atom stereocenters. The van der Waals surface area contributed by atoms with E-state index < -0.39 is 30.5 Å². The predicted octanol–water partition coefficient (Wildman–Crippen LogP) is 7.33. The molecule has 0 fully saturated rings. The molecule has 4 N–H and O–H groups in total. The molecule has 0 saturated heterocycles. The van der Waals surface area contributed by atoms with Gasteiger partial charge in [-0.05, 0) is 63.9 Å². The van der Waals surface area contributed by atoms with E-state index in [1.807, 2.05) is 13.8 Å². The number of ether oxygens (including phenoxy) is 1. The number of esters is 1. The van der Waals surface area contributed by atoms with Gasteiger partial charge in [0.05, 0.1) is 0 Å². The number of nitrogens with two attached hydrogens (primary N) is 1. The summed E-state index contributed by atoms with van der Waals surface area (Å²) in [4.78, 5) is 45.7. The molecule has 0 rings (SSSR count). The van der Waals surface area contributed by atoms with Gasteiger partial charge in [-0.2, -0.15) is 0 Å². The van der Waals surface area contributed by atoms with E-state index in [2.05, 4.69) is 73.0 Å². The number of ketones is 1. The highest BCUT2D eigenvalue weighted by Crippen LogP contribution is 2.03. The van der Waals surface area contributed by atoms with Gasteiger partial charge < -0.3 is 20.9 Å². The molecule has 0 aromatic rings. The highest BCUT2D eigenvalue weighted by molar-refractivity contribution is 5.89. The molecule has 0 spiro atoms. The Hall–Kier alpha value is -3.52. The summed E-state index contributed by atoms with van der Waals surface area (Å²) < 4.78 is 4.87. The van der Waals surface area contributed by atoms with E-state index in [1.54, 1.807) is 6.08 Å². The highest BCUT2D eigenvalue weighted by Gasteiger charge is 2.09. The summed E-state index contributed by atoms with van der Waals surface area (Å²) in [6, 6.07) is -0.465. The molecule has 0 aliphatic rings. The molecule has 0 radical (unpaired) electrons. The number of nitrogens with one attached hydrogen (secondary N) is 1. The number of amides is 1. The van der Waals surface area contributed by atoms with E-state index >= 15 is 0 Å². The summed E-state index contributed by atoms with van der Waals surface area (Å²) in [5.74, 6) is -2.00.